The standard InChI is InChI=1S/C17H24N2O2/c1-5-19(9-10-20-3)12-14-11-13(2)17(21-4)16-15(14)7-6-8-18-16/h6-8,11H,5,9-10,12H2,1-4H3. The molecule has 0 spiro atoms. The molecule has 114 valence electrons. The highest BCUT2D eigenvalue weighted by Gasteiger charge is 2.13. The van der Waals surface area contributed by atoms with Crippen molar-refractivity contribution in [3.05, 3.63) is 35.5 Å². The summed E-state index contributed by atoms with van der Waals surface area (Å²) in [5.41, 5.74) is 3.36. The summed E-state index contributed by atoms with van der Waals surface area (Å²) in [5, 5.41) is 1.16. The van der Waals surface area contributed by atoms with Crippen molar-refractivity contribution in [3.63, 3.8) is 0 Å². The Morgan fingerprint density at radius 3 is 2.76 bits per heavy atom. The third kappa shape index (κ3) is 3.52. The fourth-order valence-corrected chi connectivity index (χ4v) is 2.64. The second-order valence-corrected chi connectivity index (χ2v) is 5.15. The molecule has 0 radical (unpaired) electrons. The van der Waals surface area contributed by atoms with Crippen LogP contribution in [0.25, 0.3) is 10.9 Å². The lowest BCUT2D eigenvalue weighted by atomic mass is 10.0. The Balaban J connectivity index is 2.39. The van der Waals surface area contributed by atoms with Crippen molar-refractivity contribution in [2.45, 2.75) is 20.4 Å². The predicted octanol–water partition coefficient (Wildman–Crippen LogP) is 3.02. The van der Waals surface area contributed by atoms with E-state index in [1.807, 2.05) is 12.3 Å². The number of rotatable bonds is 7. The van der Waals surface area contributed by atoms with Gasteiger partial charge in [0, 0.05) is 31.8 Å². The fraction of sp³-hybridized carbons (Fsp3) is 0.471. The SMILES string of the molecule is CCN(CCOC)Cc1cc(C)c(OC)c2ncccc12. The summed E-state index contributed by atoms with van der Waals surface area (Å²) in [6.45, 7) is 7.82. The van der Waals surface area contributed by atoms with Crippen LogP contribution in [0.3, 0.4) is 0 Å². The lowest BCUT2D eigenvalue weighted by Crippen LogP contribution is -2.26. The first-order chi connectivity index (χ1) is 10.2. The number of methoxy groups -OCH3 is 2. The smallest absolute Gasteiger partial charge is 0.147 e. The number of hydrogen-bond acceptors (Lipinski definition) is 4. The van der Waals surface area contributed by atoms with Gasteiger partial charge in [-0.15, -0.1) is 0 Å². The van der Waals surface area contributed by atoms with Crippen molar-refractivity contribution < 1.29 is 9.47 Å². The van der Waals surface area contributed by atoms with Gasteiger partial charge in [0.05, 0.1) is 13.7 Å². The zero-order chi connectivity index (χ0) is 15.2. The molecular formula is C17H24N2O2. The molecule has 0 saturated carbocycles. The van der Waals surface area contributed by atoms with Crippen molar-refractivity contribution in [2.24, 2.45) is 0 Å². The number of pyridine rings is 1. The van der Waals surface area contributed by atoms with Crippen LogP contribution in [-0.4, -0.2) is 43.8 Å². The van der Waals surface area contributed by atoms with E-state index in [0.717, 1.165) is 48.5 Å². The van der Waals surface area contributed by atoms with Crippen LogP contribution in [-0.2, 0) is 11.3 Å². The Labute approximate surface area is 126 Å². The van der Waals surface area contributed by atoms with Crippen molar-refractivity contribution in [1.82, 2.24) is 9.88 Å². The van der Waals surface area contributed by atoms with E-state index < -0.39 is 0 Å². The van der Waals surface area contributed by atoms with Crippen LogP contribution >= 0.6 is 0 Å². The molecule has 0 bridgehead atoms. The second kappa shape index (κ2) is 7.38. The van der Waals surface area contributed by atoms with E-state index in [0.29, 0.717) is 0 Å². The predicted molar refractivity (Wildman–Crippen MR) is 85.9 cm³/mol. The summed E-state index contributed by atoms with van der Waals surface area (Å²) < 4.78 is 10.7. The van der Waals surface area contributed by atoms with Gasteiger partial charge in [0.1, 0.15) is 11.3 Å². The average molecular weight is 288 g/mol. The first-order valence-electron chi connectivity index (χ1n) is 7.33. The lowest BCUT2D eigenvalue weighted by Gasteiger charge is -2.22. The van der Waals surface area contributed by atoms with E-state index in [-0.39, 0.29) is 0 Å². The Bertz CT molecular complexity index is 599. The maximum Gasteiger partial charge on any atom is 0.147 e. The van der Waals surface area contributed by atoms with Gasteiger partial charge in [-0.1, -0.05) is 19.1 Å². The Hall–Kier alpha value is -1.65. The van der Waals surface area contributed by atoms with Crippen LogP contribution in [0.4, 0.5) is 0 Å². The van der Waals surface area contributed by atoms with Crippen molar-refractivity contribution >= 4 is 10.9 Å². The molecule has 0 fully saturated rings. The van der Waals surface area contributed by atoms with E-state index in [9.17, 15) is 0 Å². The molecule has 21 heavy (non-hydrogen) atoms. The number of nitrogens with zero attached hydrogens (tertiary/aromatic N) is 2. The third-order valence-electron chi connectivity index (χ3n) is 3.77. The largest absolute Gasteiger partial charge is 0.494 e. The van der Waals surface area contributed by atoms with E-state index >= 15 is 0 Å². The van der Waals surface area contributed by atoms with E-state index in [4.69, 9.17) is 9.47 Å². The maximum absolute atomic E-state index is 5.51. The second-order valence-electron chi connectivity index (χ2n) is 5.15. The number of ether oxygens (including phenoxy) is 2. The molecule has 0 amide bonds. The van der Waals surface area contributed by atoms with Crippen LogP contribution in [0, 0.1) is 6.92 Å². The van der Waals surface area contributed by atoms with E-state index in [2.05, 4.69) is 35.9 Å². The van der Waals surface area contributed by atoms with Gasteiger partial charge in [-0.3, -0.25) is 9.88 Å². The fourth-order valence-electron chi connectivity index (χ4n) is 2.64. The number of hydrogen-bond donors (Lipinski definition) is 0. The van der Waals surface area contributed by atoms with Crippen LogP contribution < -0.4 is 4.74 Å². The zero-order valence-corrected chi connectivity index (χ0v) is 13.3. The minimum atomic E-state index is 0.749. The highest BCUT2D eigenvalue weighted by molar-refractivity contribution is 5.88. The molecule has 0 aliphatic carbocycles. The number of likely N-dealkylation sites (N-methyl/N-ethyl adjacent to an activating group) is 1. The molecule has 0 saturated heterocycles. The molecule has 4 heteroatoms. The zero-order valence-electron chi connectivity index (χ0n) is 13.3. The van der Waals surface area contributed by atoms with Crippen molar-refractivity contribution in [1.29, 1.82) is 0 Å². The van der Waals surface area contributed by atoms with Crippen LogP contribution in [0.1, 0.15) is 18.1 Å². The first kappa shape index (κ1) is 15.7. The summed E-state index contributed by atoms with van der Waals surface area (Å²) in [6, 6.07) is 6.30. The van der Waals surface area contributed by atoms with Gasteiger partial charge in [-0.2, -0.15) is 0 Å². The Morgan fingerprint density at radius 2 is 2.10 bits per heavy atom. The van der Waals surface area contributed by atoms with Crippen molar-refractivity contribution in [2.75, 3.05) is 33.9 Å². The minimum absolute atomic E-state index is 0.749. The summed E-state index contributed by atoms with van der Waals surface area (Å²) in [4.78, 5) is 6.87. The van der Waals surface area contributed by atoms with Gasteiger partial charge in [0.2, 0.25) is 0 Å². The van der Waals surface area contributed by atoms with Gasteiger partial charge in [-0.25, -0.2) is 0 Å². The first-order valence-corrected chi connectivity index (χ1v) is 7.33. The molecule has 0 unspecified atom stereocenters. The van der Waals surface area contributed by atoms with Gasteiger partial charge >= 0.3 is 0 Å². The number of aromatic nitrogens is 1. The molecule has 1 aromatic carbocycles. The molecule has 2 aromatic rings. The Kier molecular flexibility index (Phi) is 5.53. The quantitative estimate of drug-likeness (QED) is 0.784. The summed E-state index contributed by atoms with van der Waals surface area (Å²) in [7, 11) is 3.44. The molecule has 0 aliphatic heterocycles. The molecular weight excluding hydrogens is 264 g/mol. The number of aryl methyl sites for hydroxylation is 1. The minimum Gasteiger partial charge on any atom is -0.494 e. The molecule has 0 aliphatic rings. The van der Waals surface area contributed by atoms with Crippen molar-refractivity contribution in [3.8, 4) is 5.75 Å². The molecule has 0 N–H and O–H groups in total. The highest BCUT2D eigenvalue weighted by atomic mass is 16.5. The molecule has 1 heterocycles. The molecule has 0 atom stereocenters. The lowest BCUT2D eigenvalue weighted by molar-refractivity contribution is 0.147. The highest BCUT2D eigenvalue weighted by Crippen LogP contribution is 2.31. The average Bonchev–Trinajstić information content (AvgIpc) is 2.51. The summed E-state index contributed by atoms with van der Waals surface area (Å²) in [5.74, 6) is 0.870. The van der Waals surface area contributed by atoms with E-state index in [1.165, 1.54) is 5.56 Å². The number of fused-ring (bicyclic) bond motifs is 1. The summed E-state index contributed by atoms with van der Waals surface area (Å²) in [6.07, 6.45) is 1.82. The van der Waals surface area contributed by atoms with Crippen LogP contribution in [0.2, 0.25) is 0 Å². The van der Waals surface area contributed by atoms with Gasteiger partial charge in [0.15, 0.2) is 0 Å². The molecule has 1 aromatic heterocycles. The topological polar surface area (TPSA) is 34.6 Å². The number of benzene rings is 1. The Morgan fingerprint density at radius 1 is 1.29 bits per heavy atom. The monoisotopic (exact) mass is 288 g/mol. The van der Waals surface area contributed by atoms with Crippen LogP contribution in [0.15, 0.2) is 24.4 Å². The van der Waals surface area contributed by atoms with Crippen LogP contribution in [0.5, 0.6) is 5.75 Å². The molecule has 2 rings (SSSR count). The summed E-state index contributed by atoms with van der Waals surface area (Å²) >= 11 is 0. The molecule has 4 nitrogen and oxygen atoms in total. The van der Waals surface area contributed by atoms with Gasteiger partial charge in [-0.05, 0) is 30.7 Å². The normalized spacial score (nSPS) is 11.3. The maximum atomic E-state index is 5.51. The van der Waals surface area contributed by atoms with Gasteiger partial charge in [0.25, 0.3) is 0 Å². The van der Waals surface area contributed by atoms with E-state index in [1.54, 1.807) is 14.2 Å². The van der Waals surface area contributed by atoms with Gasteiger partial charge < -0.3 is 9.47 Å². The third-order valence-corrected chi connectivity index (χ3v) is 3.77.